The van der Waals surface area contributed by atoms with Crippen LogP contribution in [0.4, 0.5) is 4.39 Å². The lowest BCUT2D eigenvalue weighted by Crippen LogP contribution is -2.48. The highest BCUT2D eigenvalue weighted by Gasteiger charge is 2.33. The third-order valence-electron chi connectivity index (χ3n) is 6.56. The second kappa shape index (κ2) is 14.8. The van der Waals surface area contributed by atoms with Gasteiger partial charge in [-0.1, -0.05) is 42.5 Å². The average molecular weight is 556 g/mol. The fraction of sp³-hybridized carbons (Fsp3) is 0.419. The molecule has 39 heavy (non-hydrogen) atoms. The minimum atomic E-state index is -0.790. The van der Waals surface area contributed by atoms with Crippen molar-refractivity contribution in [3.63, 3.8) is 0 Å². The SMILES string of the molecule is CCOCCCN(CC(=O)N(Cc1ccccc1)Cc1cccn1Cc1ccc(F)cc1)C(=O)C(C)(C)CCl. The predicted octanol–water partition coefficient (Wildman–Crippen LogP) is 5.72. The number of benzene rings is 2. The summed E-state index contributed by atoms with van der Waals surface area (Å²) in [4.78, 5) is 30.6. The summed E-state index contributed by atoms with van der Waals surface area (Å²) in [5.41, 5.74) is 2.11. The van der Waals surface area contributed by atoms with Crippen molar-refractivity contribution in [2.45, 2.75) is 46.8 Å². The van der Waals surface area contributed by atoms with E-state index in [4.69, 9.17) is 16.3 Å². The maximum Gasteiger partial charge on any atom is 0.242 e. The molecule has 8 heteroatoms. The standard InChI is InChI=1S/C31H39ClFN3O3/c1-4-39-19-9-18-35(30(38)31(2,3)24-32)23-29(37)36(21-25-10-6-5-7-11-25)22-28-12-8-17-34(28)20-26-13-15-27(33)16-14-26/h5-8,10-17H,4,9,18-24H2,1-3H3. The normalized spacial score (nSPS) is 11.4. The largest absolute Gasteiger partial charge is 0.382 e. The van der Waals surface area contributed by atoms with Crippen LogP contribution in [-0.4, -0.2) is 58.4 Å². The fourth-order valence-electron chi connectivity index (χ4n) is 4.27. The highest BCUT2D eigenvalue weighted by Crippen LogP contribution is 2.22. The number of alkyl halides is 1. The highest BCUT2D eigenvalue weighted by molar-refractivity contribution is 6.19. The number of halogens is 2. The van der Waals surface area contributed by atoms with E-state index in [1.165, 1.54) is 12.1 Å². The van der Waals surface area contributed by atoms with Gasteiger partial charge in [0, 0.05) is 50.6 Å². The Bertz CT molecular complexity index is 1180. The quantitative estimate of drug-likeness (QED) is 0.178. The number of aromatic nitrogens is 1. The number of amides is 2. The zero-order valence-electron chi connectivity index (χ0n) is 23.1. The maximum atomic E-state index is 13.8. The average Bonchev–Trinajstić information content (AvgIpc) is 3.37. The van der Waals surface area contributed by atoms with E-state index in [0.29, 0.717) is 45.8 Å². The fourth-order valence-corrected chi connectivity index (χ4v) is 4.38. The lowest BCUT2D eigenvalue weighted by atomic mass is 9.94. The molecule has 6 nitrogen and oxygen atoms in total. The van der Waals surface area contributed by atoms with Crippen LogP contribution in [-0.2, 0) is 34.0 Å². The maximum absolute atomic E-state index is 13.8. The third kappa shape index (κ3) is 9.22. The van der Waals surface area contributed by atoms with E-state index in [2.05, 4.69) is 4.57 Å². The van der Waals surface area contributed by atoms with Gasteiger partial charge >= 0.3 is 0 Å². The van der Waals surface area contributed by atoms with Crippen molar-refractivity contribution in [1.82, 2.24) is 14.4 Å². The summed E-state index contributed by atoms with van der Waals surface area (Å²) in [5, 5.41) is 0. The van der Waals surface area contributed by atoms with Crippen LogP contribution in [0.15, 0.2) is 72.9 Å². The Morgan fingerprint density at radius 3 is 2.33 bits per heavy atom. The first-order valence-electron chi connectivity index (χ1n) is 13.4. The molecule has 0 radical (unpaired) electrons. The van der Waals surface area contributed by atoms with Crippen molar-refractivity contribution in [1.29, 1.82) is 0 Å². The molecule has 0 saturated heterocycles. The minimum absolute atomic E-state index is 0.0449. The van der Waals surface area contributed by atoms with Gasteiger partial charge in [-0.15, -0.1) is 11.6 Å². The summed E-state index contributed by atoms with van der Waals surface area (Å²) in [7, 11) is 0. The molecule has 3 rings (SSSR count). The van der Waals surface area contributed by atoms with E-state index in [1.54, 1.807) is 35.8 Å². The van der Waals surface area contributed by atoms with Gasteiger partial charge in [0.2, 0.25) is 11.8 Å². The van der Waals surface area contributed by atoms with E-state index < -0.39 is 5.41 Å². The van der Waals surface area contributed by atoms with Crippen molar-refractivity contribution in [2.75, 3.05) is 32.2 Å². The van der Waals surface area contributed by atoms with Crippen LogP contribution in [0.3, 0.4) is 0 Å². The molecule has 0 aliphatic carbocycles. The van der Waals surface area contributed by atoms with Gasteiger partial charge in [-0.25, -0.2) is 4.39 Å². The van der Waals surface area contributed by atoms with Crippen LogP contribution in [0.25, 0.3) is 0 Å². The minimum Gasteiger partial charge on any atom is -0.382 e. The van der Waals surface area contributed by atoms with Crippen LogP contribution in [0.5, 0.6) is 0 Å². The van der Waals surface area contributed by atoms with Crippen molar-refractivity contribution < 1.29 is 18.7 Å². The summed E-state index contributed by atoms with van der Waals surface area (Å²) < 4.78 is 20.9. The molecule has 3 aromatic rings. The first-order valence-corrected chi connectivity index (χ1v) is 13.9. The van der Waals surface area contributed by atoms with E-state index in [1.807, 2.05) is 55.6 Å². The molecular formula is C31H39ClFN3O3. The zero-order chi connectivity index (χ0) is 28.3. The smallest absolute Gasteiger partial charge is 0.242 e. The van der Waals surface area contributed by atoms with Gasteiger partial charge in [0.1, 0.15) is 5.82 Å². The Labute approximate surface area is 236 Å². The number of hydrogen-bond acceptors (Lipinski definition) is 3. The molecular weight excluding hydrogens is 517 g/mol. The van der Waals surface area contributed by atoms with Crippen molar-refractivity contribution >= 4 is 23.4 Å². The molecule has 0 saturated carbocycles. The van der Waals surface area contributed by atoms with Gasteiger partial charge in [-0.3, -0.25) is 9.59 Å². The monoisotopic (exact) mass is 555 g/mol. The Balaban J connectivity index is 1.82. The predicted molar refractivity (Wildman–Crippen MR) is 153 cm³/mol. The van der Waals surface area contributed by atoms with E-state index in [-0.39, 0.29) is 30.1 Å². The summed E-state index contributed by atoms with van der Waals surface area (Å²) in [6.07, 6.45) is 2.58. The molecule has 1 aromatic heterocycles. The van der Waals surface area contributed by atoms with Crippen LogP contribution < -0.4 is 0 Å². The van der Waals surface area contributed by atoms with Crippen molar-refractivity contribution in [2.24, 2.45) is 5.41 Å². The van der Waals surface area contributed by atoms with Crippen LogP contribution in [0.1, 0.15) is 44.0 Å². The Morgan fingerprint density at radius 1 is 0.949 bits per heavy atom. The second-order valence-corrected chi connectivity index (χ2v) is 10.6. The van der Waals surface area contributed by atoms with Crippen molar-refractivity contribution in [3.05, 3.63) is 95.6 Å². The van der Waals surface area contributed by atoms with Crippen LogP contribution in [0, 0.1) is 11.2 Å². The summed E-state index contributed by atoms with van der Waals surface area (Å²) in [6.45, 7) is 8.32. The lowest BCUT2D eigenvalue weighted by molar-refractivity contribution is -0.146. The first-order chi connectivity index (χ1) is 18.7. The molecule has 0 aliphatic heterocycles. The molecule has 0 bridgehead atoms. The van der Waals surface area contributed by atoms with Gasteiger partial charge in [-0.2, -0.15) is 0 Å². The molecule has 0 aliphatic rings. The molecule has 1 heterocycles. The topological polar surface area (TPSA) is 54.8 Å². The van der Waals surface area contributed by atoms with Gasteiger partial charge in [-0.05, 0) is 62.6 Å². The number of nitrogens with zero attached hydrogens (tertiary/aromatic N) is 3. The van der Waals surface area contributed by atoms with E-state index in [0.717, 1.165) is 16.8 Å². The Hall–Kier alpha value is -3.16. The number of hydrogen-bond donors (Lipinski definition) is 0. The van der Waals surface area contributed by atoms with Crippen LogP contribution >= 0.6 is 11.6 Å². The van der Waals surface area contributed by atoms with Crippen LogP contribution in [0.2, 0.25) is 0 Å². The second-order valence-electron chi connectivity index (χ2n) is 10.3. The molecule has 0 N–H and O–H groups in total. The van der Waals surface area contributed by atoms with E-state index in [9.17, 15) is 14.0 Å². The Morgan fingerprint density at radius 2 is 1.67 bits per heavy atom. The molecule has 2 amide bonds. The molecule has 0 fully saturated rings. The molecule has 210 valence electrons. The lowest BCUT2D eigenvalue weighted by Gasteiger charge is -2.32. The molecule has 0 unspecified atom stereocenters. The molecule has 2 aromatic carbocycles. The first kappa shape index (κ1) is 30.4. The van der Waals surface area contributed by atoms with Gasteiger partial charge in [0.25, 0.3) is 0 Å². The van der Waals surface area contributed by atoms with Crippen molar-refractivity contribution in [3.8, 4) is 0 Å². The molecule has 0 atom stereocenters. The van der Waals surface area contributed by atoms with Gasteiger partial charge in [0.15, 0.2) is 0 Å². The van der Waals surface area contributed by atoms with Gasteiger partial charge in [0.05, 0.1) is 18.5 Å². The van der Waals surface area contributed by atoms with E-state index >= 15 is 0 Å². The summed E-state index contributed by atoms with van der Waals surface area (Å²) in [5.74, 6) is -0.416. The highest BCUT2D eigenvalue weighted by atomic mass is 35.5. The number of rotatable bonds is 15. The van der Waals surface area contributed by atoms with Gasteiger partial charge < -0.3 is 19.1 Å². The third-order valence-corrected chi connectivity index (χ3v) is 7.23. The number of carbonyl (C=O) groups excluding carboxylic acids is 2. The number of carbonyl (C=O) groups is 2. The molecule has 0 spiro atoms. The summed E-state index contributed by atoms with van der Waals surface area (Å²) in [6, 6.07) is 20.1. The summed E-state index contributed by atoms with van der Waals surface area (Å²) >= 11 is 6.12. The Kier molecular flexibility index (Phi) is 11.6. The zero-order valence-corrected chi connectivity index (χ0v) is 23.9. The number of ether oxygens (including phenoxy) is 1.